The number of rotatable bonds is 4. The predicted molar refractivity (Wildman–Crippen MR) is 82.3 cm³/mol. The minimum absolute atomic E-state index is 0.0713. The van der Waals surface area contributed by atoms with Crippen LogP contribution in [0.15, 0.2) is 53.4 Å². The molecule has 0 fully saturated rings. The van der Waals surface area contributed by atoms with Gasteiger partial charge in [-0.2, -0.15) is 0 Å². The summed E-state index contributed by atoms with van der Waals surface area (Å²) in [6.07, 6.45) is 0. The number of amides is 1. The maximum atomic E-state index is 12.1. The van der Waals surface area contributed by atoms with Crippen molar-refractivity contribution in [2.45, 2.75) is 18.7 Å². The Balaban J connectivity index is 2.21. The predicted octanol–water partition coefficient (Wildman–Crippen LogP) is 2.32. The Morgan fingerprint density at radius 3 is 1.86 bits per heavy atom. The molecule has 0 bridgehead atoms. The summed E-state index contributed by atoms with van der Waals surface area (Å²) >= 11 is 0. The van der Waals surface area contributed by atoms with Gasteiger partial charge < -0.3 is 0 Å². The van der Waals surface area contributed by atoms with E-state index in [1.165, 1.54) is 31.2 Å². The van der Waals surface area contributed by atoms with Gasteiger partial charge in [0.15, 0.2) is 5.78 Å². The number of sulfonamides is 1. The smallest absolute Gasteiger partial charge is 0.264 e. The number of nitrogens with one attached hydrogen (secondary N) is 1. The number of hydrogen-bond acceptors (Lipinski definition) is 4. The normalized spacial score (nSPS) is 11.0. The van der Waals surface area contributed by atoms with Crippen LogP contribution < -0.4 is 4.72 Å². The zero-order valence-electron chi connectivity index (χ0n) is 12.2. The fraction of sp³-hybridized carbons (Fsp3) is 0.125. The van der Waals surface area contributed by atoms with Crippen LogP contribution in [0.4, 0.5) is 0 Å². The fourth-order valence-electron chi connectivity index (χ4n) is 1.81. The first kappa shape index (κ1) is 15.9. The molecule has 2 aromatic rings. The lowest BCUT2D eigenvalue weighted by molar-refractivity contribution is 0.0979. The van der Waals surface area contributed by atoms with E-state index in [1.54, 1.807) is 24.3 Å². The molecule has 0 atom stereocenters. The van der Waals surface area contributed by atoms with Crippen LogP contribution in [-0.4, -0.2) is 20.1 Å². The highest BCUT2D eigenvalue weighted by molar-refractivity contribution is 7.90. The molecule has 0 saturated carbocycles. The highest BCUT2D eigenvalue weighted by Gasteiger charge is 2.18. The summed E-state index contributed by atoms with van der Waals surface area (Å²) in [5, 5.41) is 0. The molecule has 0 spiro atoms. The van der Waals surface area contributed by atoms with Crippen LogP contribution in [-0.2, 0) is 10.0 Å². The van der Waals surface area contributed by atoms with Crippen molar-refractivity contribution in [3.05, 3.63) is 65.2 Å². The molecule has 0 saturated heterocycles. The number of carbonyl (C=O) groups is 2. The van der Waals surface area contributed by atoms with E-state index in [0.717, 1.165) is 5.56 Å². The Morgan fingerprint density at radius 1 is 0.864 bits per heavy atom. The molecule has 5 nitrogen and oxygen atoms in total. The van der Waals surface area contributed by atoms with Gasteiger partial charge in [-0.25, -0.2) is 13.1 Å². The molecule has 6 heteroatoms. The molecule has 2 rings (SSSR count). The maximum Gasteiger partial charge on any atom is 0.264 e. The number of aryl methyl sites for hydroxylation is 1. The summed E-state index contributed by atoms with van der Waals surface area (Å²) in [5.74, 6) is -0.858. The molecule has 114 valence electrons. The van der Waals surface area contributed by atoms with Crippen LogP contribution in [0.3, 0.4) is 0 Å². The van der Waals surface area contributed by atoms with Crippen molar-refractivity contribution in [3.63, 3.8) is 0 Å². The van der Waals surface area contributed by atoms with Crippen molar-refractivity contribution in [2.24, 2.45) is 0 Å². The van der Waals surface area contributed by atoms with Gasteiger partial charge in [0.1, 0.15) is 0 Å². The molecule has 2 aromatic carbocycles. The topological polar surface area (TPSA) is 80.3 Å². The van der Waals surface area contributed by atoms with Crippen LogP contribution in [0, 0.1) is 6.92 Å². The van der Waals surface area contributed by atoms with Crippen LogP contribution in [0.25, 0.3) is 0 Å². The lowest BCUT2D eigenvalue weighted by Crippen LogP contribution is -2.30. The van der Waals surface area contributed by atoms with Gasteiger partial charge in [0.05, 0.1) is 4.90 Å². The maximum absolute atomic E-state index is 12.1. The van der Waals surface area contributed by atoms with E-state index < -0.39 is 15.9 Å². The van der Waals surface area contributed by atoms with E-state index in [9.17, 15) is 18.0 Å². The van der Waals surface area contributed by atoms with Gasteiger partial charge in [0, 0.05) is 11.1 Å². The lowest BCUT2D eigenvalue weighted by atomic mass is 10.1. The molecule has 0 aliphatic rings. The first-order valence-corrected chi connectivity index (χ1v) is 8.03. The fourth-order valence-corrected chi connectivity index (χ4v) is 2.79. The Morgan fingerprint density at radius 2 is 1.36 bits per heavy atom. The van der Waals surface area contributed by atoms with E-state index in [4.69, 9.17) is 0 Å². The quantitative estimate of drug-likeness (QED) is 0.878. The largest absolute Gasteiger partial charge is 0.295 e. The Hall–Kier alpha value is -2.47. The Labute approximate surface area is 129 Å². The minimum Gasteiger partial charge on any atom is -0.295 e. The zero-order chi connectivity index (χ0) is 16.3. The standard InChI is InChI=1S/C16H15NO4S/c1-11-3-5-14(6-4-11)16(19)17-22(20,21)15-9-7-13(8-10-15)12(2)18/h3-10H,1-2H3,(H,17,19). The van der Waals surface area contributed by atoms with Gasteiger partial charge >= 0.3 is 0 Å². The number of Topliss-reactive ketones (excluding diaryl/α,β-unsaturated/α-hetero) is 1. The van der Waals surface area contributed by atoms with Crippen LogP contribution >= 0.6 is 0 Å². The molecule has 0 aliphatic heterocycles. The van der Waals surface area contributed by atoms with E-state index in [0.29, 0.717) is 5.56 Å². The van der Waals surface area contributed by atoms with Gasteiger partial charge in [-0.15, -0.1) is 0 Å². The first-order chi connectivity index (χ1) is 10.3. The summed E-state index contributed by atoms with van der Waals surface area (Å²) in [5.41, 5.74) is 1.64. The summed E-state index contributed by atoms with van der Waals surface area (Å²) in [6.45, 7) is 3.26. The lowest BCUT2D eigenvalue weighted by Gasteiger charge is -2.07. The third kappa shape index (κ3) is 3.59. The van der Waals surface area contributed by atoms with Gasteiger partial charge in [-0.05, 0) is 38.1 Å². The third-order valence-electron chi connectivity index (χ3n) is 3.11. The van der Waals surface area contributed by atoms with Crippen LogP contribution in [0.2, 0.25) is 0 Å². The van der Waals surface area contributed by atoms with Gasteiger partial charge in [-0.1, -0.05) is 29.8 Å². The second-order valence-corrected chi connectivity index (χ2v) is 6.56. The van der Waals surface area contributed by atoms with Crippen LogP contribution in [0.1, 0.15) is 33.2 Å². The third-order valence-corrected chi connectivity index (χ3v) is 4.46. The molecule has 1 N–H and O–H groups in total. The van der Waals surface area contributed by atoms with E-state index in [-0.39, 0.29) is 16.2 Å². The number of benzene rings is 2. The summed E-state index contributed by atoms with van der Waals surface area (Å²) < 4.78 is 26.3. The van der Waals surface area contributed by atoms with Gasteiger partial charge in [0.2, 0.25) is 0 Å². The SMILES string of the molecule is CC(=O)c1ccc(S(=O)(=O)NC(=O)c2ccc(C)cc2)cc1. The van der Waals surface area contributed by atoms with Crippen molar-refractivity contribution in [3.8, 4) is 0 Å². The number of carbonyl (C=O) groups excluding carboxylic acids is 2. The second-order valence-electron chi connectivity index (χ2n) is 4.88. The minimum atomic E-state index is -3.97. The molecular formula is C16H15NO4S. The second kappa shape index (κ2) is 6.11. The molecule has 1 amide bonds. The summed E-state index contributed by atoms with van der Waals surface area (Å²) in [4.78, 5) is 23.1. The van der Waals surface area contributed by atoms with E-state index in [1.807, 2.05) is 11.6 Å². The molecule has 0 radical (unpaired) electrons. The van der Waals surface area contributed by atoms with Crippen molar-refractivity contribution < 1.29 is 18.0 Å². The average Bonchev–Trinajstić information content (AvgIpc) is 2.47. The first-order valence-electron chi connectivity index (χ1n) is 6.54. The average molecular weight is 317 g/mol. The molecule has 0 aromatic heterocycles. The van der Waals surface area contributed by atoms with Gasteiger partial charge in [-0.3, -0.25) is 9.59 Å². The monoisotopic (exact) mass is 317 g/mol. The zero-order valence-corrected chi connectivity index (χ0v) is 13.0. The summed E-state index contributed by atoms with van der Waals surface area (Å²) in [7, 11) is -3.97. The Bertz CT molecular complexity index is 806. The van der Waals surface area contributed by atoms with Crippen molar-refractivity contribution in [1.82, 2.24) is 4.72 Å². The van der Waals surface area contributed by atoms with Gasteiger partial charge in [0.25, 0.3) is 15.9 Å². The number of hydrogen-bond donors (Lipinski definition) is 1. The van der Waals surface area contributed by atoms with E-state index >= 15 is 0 Å². The Kier molecular flexibility index (Phi) is 4.42. The molecule has 0 aliphatic carbocycles. The summed E-state index contributed by atoms with van der Waals surface area (Å²) in [6, 6.07) is 12.0. The molecule has 0 unspecified atom stereocenters. The highest BCUT2D eigenvalue weighted by Crippen LogP contribution is 2.12. The van der Waals surface area contributed by atoms with E-state index in [2.05, 4.69) is 0 Å². The molecular weight excluding hydrogens is 302 g/mol. The van der Waals surface area contributed by atoms with Crippen LogP contribution in [0.5, 0.6) is 0 Å². The highest BCUT2D eigenvalue weighted by atomic mass is 32.2. The van der Waals surface area contributed by atoms with Crippen molar-refractivity contribution >= 4 is 21.7 Å². The number of ketones is 1. The molecule has 22 heavy (non-hydrogen) atoms. The molecule has 0 heterocycles. The van der Waals surface area contributed by atoms with Crippen molar-refractivity contribution in [1.29, 1.82) is 0 Å². The van der Waals surface area contributed by atoms with Crippen molar-refractivity contribution in [2.75, 3.05) is 0 Å².